The highest BCUT2D eigenvalue weighted by molar-refractivity contribution is 6.46. The van der Waals surface area contributed by atoms with Crippen molar-refractivity contribution in [2.24, 2.45) is 0 Å². The number of carbonyl (C=O) groups excluding carboxylic acids is 2. The molecule has 1 aliphatic heterocycles. The quantitative estimate of drug-likeness (QED) is 0.164. The Balaban J connectivity index is 2.05. The Labute approximate surface area is 176 Å². The zero-order valence-electron chi connectivity index (χ0n) is 16.2. The van der Waals surface area contributed by atoms with Crippen LogP contribution in [0.5, 0.6) is 0 Å². The lowest BCUT2D eigenvalue weighted by Gasteiger charge is -2.25. The summed E-state index contributed by atoms with van der Waals surface area (Å²) in [5, 5.41) is 30.5. The maximum Gasteiger partial charge on any atom is 0.295 e. The summed E-state index contributed by atoms with van der Waals surface area (Å²) in [5.41, 5.74) is 0.0965. The van der Waals surface area contributed by atoms with E-state index in [0.717, 1.165) is 0 Å². The number of ether oxygens (including phenoxy) is 1. The lowest BCUT2D eigenvalue weighted by molar-refractivity contribution is -0.384. The Kier molecular flexibility index (Phi) is 6.73. The number of likely N-dealkylation sites (tertiary alicyclic amines) is 1. The molecule has 0 saturated carbocycles. The highest BCUT2D eigenvalue weighted by Gasteiger charge is 2.45. The first-order valence-corrected chi connectivity index (χ1v) is 9.32. The highest BCUT2D eigenvalue weighted by atomic mass is 19.1. The highest BCUT2D eigenvalue weighted by Crippen LogP contribution is 2.39. The first-order chi connectivity index (χ1) is 14.8. The third-order valence-corrected chi connectivity index (χ3v) is 4.79. The van der Waals surface area contributed by atoms with Crippen molar-refractivity contribution in [1.82, 2.24) is 4.90 Å². The van der Waals surface area contributed by atoms with E-state index in [1.165, 1.54) is 53.4 Å². The van der Waals surface area contributed by atoms with Crippen LogP contribution < -0.4 is 0 Å². The molecule has 10 heteroatoms. The molecule has 162 valence electrons. The molecule has 2 aromatic carbocycles. The molecule has 1 heterocycles. The average molecular weight is 430 g/mol. The number of nitro groups is 1. The summed E-state index contributed by atoms with van der Waals surface area (Å²) in [6, 6.07) is 9.01. The monoisotopic (exact) mass is 430 g/mol. The average Bonchev–Trinajstić information content (AvgIpc) is 3.01. The van der Waals surface area contributed by atoms with Crippen molar-refractivity contribution in [2.75, 3.05) is 26.4 Å². The van der Waals surface area contributed by atoms with E-state index in [1.807, 2.05) is 0 Å². The van der Waals surface area contributed by atoms with Crippen molar-refractivity contribution in [3.63, 3.8) is 0 Å². The largest absolute Gasteiger partial charge is 0.507 e. The SMILES string of the molecule is O=C1C(=O)N(CCOCCO)[C@@H](c2ccc(F)cc2)/C1=C(\O)c1ccc([N+](=O)[O-])cc1. The van der Waals surface area contributed by atoms with Gasteiger partial charge in [-0.1, -0.05) is 12.1 Å². The van der Waals surface area contributed by atoms with Crippen LogP contribution in [0, 0.1) is 15.9 Å². The van der Waals surface area contributed by atoms with Crippen molar-refractivity contribution in [2.45, 2.75) is 6.04 Å². The molecule has 3 rings (SSSR count). The van der Waals surface area contributed by atoms with Crippen LogP contribution in [0.4, 0.5) is 10.1 Å². The van der Waals surface area contributed by atoms with Crippen molar-refractivity contribution in [3.05, 3.63) is 81.2 Å². The number of aliphatic hydroxyl groups excluding tert-OH is 2. The number of ketones is 1. The van der Waals surface area contributed by atoms with Gasteiger partial charge in [-0.3, -0.25) is 19.7 Å². The fourth-order valence-corrected chi connectivity index (χ4v) is 3.33. The van der Waals surface area contributed by atoms with Crippen LogP contribution in [0.3, 0.4) is 0 Å². The van der Waals surface area contributed by atoms with Crippen molar-refractivity contribution in [3.8, 4) is 0 Å². The van der Waals surface area contributed by atoms with Crippen LogP contribution >= 0.6 is 0 Å². The second-order valence-corrected chi connectivity index (χ2v) is 6.68. The van der Waals surface area contributed by atoms with Gasteiger partial charge in [0.05, 0.1) is 36.4 Å². The van der Waals surface area contributed by atoms with Gasteiger partial charge in [-0.05, 0) is 29.8 Å². The molecule has 2 aromatic rings. The van der Waals surface area contributed by atoms with E-state index in [4.69, 9.17) is 9.84 Å². The minimum absolute atomic E-state index is 0.0103. The molecule has 1 fully saturated rings. The van der Waals surface area contributed by atoms with Gasteiger partial charge in [0, 0.05) is 24.2 Å². The van der Waals surface area contributed by atoms with Crippen molar-refractivity contribution < 1.29 is 33.9 Å². The van der Waals surface area contributed by atoms with Gasteiger partial charge in [0.1, 0.15) is 11.6 Å². The van der Waals surface area contributed by atoms with Gasteiger partial charge in [0.15, 0.2) is 0 Å². The van der Waals surface area contributed by atoms with Gasteiger partial charge in [-0.2, -0.15) is 0 Å². The lowest BCUT2D eigenvalue weighted by atomic mass is 9.95. The topological polar surface area (TPSA) is 130 Å². The minimum atomic E-state index is -1.01. The molecule has 0 radical (unpaired) electrons. The Morgan fingerprint density at radius 2 is 1.74 bits per heavy atom. The molecule has 0 aromatic heterocycles. The standard InChI is InChI=1S/C21H19FN2O7/c22-15-5-1-13(2-6-15)18-17(19(26)14-3-7-16(8-4-14)24(29)30)20(27)21(28)23(18)9-11-31-12-10-25/h1-8,18,25-26H,9-12H2/b19-17+/t18-/m0/s1. The summed E-state index contributed by atoms with van der Waals surface area (Å²) in [6.07, 6.45) is 0. The molecule has 1 amide bonds. The van der Waals surface area contributed by atoms with E-state index in [1.54, 1.807) is 0 Å². The van der Waals surface area contributed by atoms with Crippen LogP contribution in [0.25, 0.3) is 5.76 Å². The number of nitro benzene ring substituents is 1. The number of non-ortho nitro benzene ring substituents is 1. The van der Waals surface area contributed by atoms with E-state index >= 15 is 0 Å². The van der Waals surface area contributed by atoms with E-state index in [2.05, 4.69) is 0 Å². The molecular weight excluding hydrogens is 411 g/mol. The Bertz CT molecular complexity index is 1020. The molecular formula is C21H19FN2O7. The molecule has 0 spiro atoms. The molecule has 0 unspecified atom stereocenters. The number of amides is 1. The van der Waals surface area contributed by atoms with E-state index in [-0.39, 0.29) is 43.2 Å². The number of benzene rings is 2. The summed E-state index contributed by atoms with van der Waals surface area (Å²) >= 11 is 0. The maximum atomic E-state index is 13.4. The third-order valence-electron chi connectivity index (χ3n) is 4.79. The first kappa shape index (κ1) is 22.1. The number of hydrogen-bond acceptors (Lipinski definition) is 7. The molecule has 1 atom stereocenters. The fraction of sp³-hybridized carbons (Fsp3) is 0.238. The molecule has 1 saturated heterocycles. The Morgan fingerprint density at radius 1 is 1.10 bits per heavy atom. The summed E-state index contributed by atoms with van der Waals surface area (Å²) in [4.78, 5) is 36.9. The van der Waals surface area contributed by atoms with Gasteiger partial charge in [0.25, 0.3) is 17.4 Å². The molecule has 31 heavy (non-hydrogen) atoms. The smallest absolute Gasteiger partial charge is 0.295 e. The summed E-state index contributed by atoms with van der Waals surface area (Å²) in [7, 11) is 0. The summed E-state index contributed by atoms with van der Waals surface area (Å²) in [6.45, 7) is -0.138. The van der Waals surface area contributed by atoms with Gasteiger partial charge >= 0.3 is 0 Å². The van der Waals surface area contributed by atoms with Crippen molar-refractivity contribution in [1.29, 1.82) is 0 Å². The number of Topliss-reactive ketones (excluding diaryl/α,β-unsaturated/α-hetero) is 1. The molecule has 0 aliphatic carbocycles. The van der Waals surface area contributed by atoms with Crippen LogP contribution in [0.2, 0.25) is 0 Å². The minimum Gasteiger partial charge on any atom is -0.507 e. The number of rotatable bonds is 8. The fourth-order valence-electron chi connectivity index (χ4n) is 3.33. The zero-order valence-corrected chi connectivity index (χ0v) is 16.2. The Morgan fingerprint density at radius 3 is 2.32 bits per heavy atom. The predicted octanol–water partition coefficient (Wildman–Crippen LogP) is 2.16. The molecule has 9 nitrogen and oxygen atoms in total. The first-order valence-electron chi connectivity index (χ1n) is 9.32. The summed E-state index contributed by atoms with van der Waals surface area (Å²) < 4.78 is 18.6. The van der Waals surface area contributed by atoms with Crippen LogP contribution in [-0.2, 0) is 14.3 Å². The molecule has 1 aliphatic rings. The summed E-state index contributed by atoms with van der Waals surface area (Å²) in [5.74, 6) is -2.82. The van der Waals surface area contributed by atoms with Crippen LogP contribution in [0.15, 0.2) is 54.1 Å². The normalized spacial score (nSPS) is 17.9. The van der Waals surface area contributed by atoms with E-state index < -0.39 is 34.2 Å². The van der Waals surface area contributed by atoms with Crippen LogP contribution in [-0.4, -0.2) is 58.1 Å². The lowest BCUT2D eigenvalue weighted by Crippen LogP contribution is -2.33. The molecule has 0 bridgehead atoms. The number of nitrogens with zero attached hydrogens (tertiary/aromatic N) is 2. The Hall–Kier alpha value is -3.63. The second kappa shape index (κ2) is 9.45. The second-order valence-electron chi connectivity index (χ2n) is 6.68. The third kappa shape index (κ3) is 4.60. The van der Waals surface area contributed by atoms with Gasteiger partial charge < -0.3 is 19.8 Å². The molecule has 2 N–H and O–H groups in total. The van der Waals surface area contributed by atoms with Crippen molar-refractivity contribution >= 4 is 23.1 Å². The van der Waals surface area contributed by atoms with E-state index in [0.29, 0.717) is 5.56 Å². The zero-order chi connectivity index (χ0) is 22.5. The van der Waals surface area contributed by atoms with Gasteiger partial charge in [-0.25, -0.2) is 4.39 Å². The predicted molar refractivity (Wildman–Crippen MR) is 106 cm³/mol. The van der Waals surface area contributed by atoms with Gasteiger partial charge in [-0.15, -0.1) is 0 Å². The number of halogens is 1. The van der Waals surface area contributed by atoms with Gasteiger partial charge in [0.2, 0.25) is 0 Å². The number of carbonyl (C=O) groups is 2. The van der Waals surface area contributed by atoms with Crippen LogP contribution in [0.1, 0.15) is 17.2 Å². The maximum absolute atomic E-state index is 13.4. The number of hydrogen-bond donors (Lipinski definition) is 2. The number of aliphatic hydroxyl groups is 2. The van der Waals surface area contributed by atoms with E-state index in [9.17, 15) is 29.2 Å².